The van der Waals surface area contributed by atoms with E-state index in [1.165, 1.54) is 23.2 Å². The Bertz CT molecular complexity index is 843. The van der Waals surface area contributed by atoms with Gasteiger partial charge in [0.05, 0.1) is 0 Å². The second-order valence-electron chi connectivity index (χ2n) is 5.31. The van der Waals surface area contributed by atoms with E-state index in [1.54, 1.807) is 7.05 Å². The molecule has 0 saturated carbocycles. The third kappa shape index (κ3) is 2.54. The van der Waals surface area contributed by atoms with Gasteiger partial charge in [-0.05, 0) is 14.1 Å². The predicted molar refractivity (Wildman–Crippen MR) is 80.0 cm³/mol. The zero-order chi connectivity index (χ0) is 16.6. The first kappa shape index (κ1) is 16.0. The maximum Gasteiger partial charge on any atom is 0.374 e. The summed E-state index contributed by atoms with van der Waals surface area (Å²) in [6.07, 6.45) is 0. The average molecular weight is 309 g/mol. The molecule has 0 spiro atoms. The molecule has 0 saturated heterocycles. The Morgan fingerprint density at radius 3 is 2.36 bits per heavy atom. The first-order chi connectivity index (χ1) is 10.3. The van der Waals surface area contributed by atoms with Crippen molar-refractivity contribution >= 4 is 17.1 Å². The van der Waals surface area contributed by atoms with Gasteiger partial charge in [0, 0.05) is 27.7 Å². The van der Waals surface area contributed by atoms with Gasteiger partial charge in [-0.15, -0.1) is 0 Å². The predicted octanol–water partition coefficient (Wildman–Crippen LogP) is -1.31. The molecule has 0 aromatic carbocycles. The Labute approximate surface area is 126 Å². The van der Waals surface area contributed by atoms with Crippen molar-refractivity contribution in [3.8, 4) is 0 Å². The molecular weight excluding hydrogens is 290 g/mol. The molecule has 0 aliphatic rings. The Balaban J connectivity index is 2.50. The van der Waals surface area contributed by atoms with Gasteiger partial charge in [-0.3, -0.25) is 13.9 Å². The monoisotopic (exact) mass is 309 g/mol. The van der Waals surface area contributed by atoms with Gasteiger partial charge in [0.25, 0.3) is 5.56 Å². The van der Waals surface area contributed by atoms with E-state index in [1.807, 2.05) is 19.0 Å². The second-order valence-corrected chi connectivity index (χ2v) is 5.31. The molecule has 2 aromatic heterocycles. The second kappa shape index (κ2) is 5.76. The van der Waals surface area contributed by atoms with Crippen LogP contribution in [0.3, 0.4) is 0 Å². The number of nitrogens with zero attached hydrogens (tertiary/aromatic N) is 5. The van der Waals surface area contributed by atoms with Crippen molar-refractivity contribution in [2.75, 3.05) is 27.2 Å². The third-order valence-corrected chi connectivity index (χ3v) is 3.43. The number of aryl methyl sites for hydroxylation is 2. The molecule has 22 heavy (non-hydrogen) atoms. The summed E-state index contributed by atoms with van der Waals surface area (Å²) < 4.78 is 8.69. The minimum Gasteiger partial charge on any atom is -0.458 e. The fourth-order valence-corrected chi connectivity index (χ4v) is 2.09. The number of rotatable bonds is 4. The first-order valence-corrected chi connectivity index (χ1v) is 6.70. The molecular formula is C13H19N5O4. The zero-order valence-corrected chi connectivity index (χ0v) is 13.3. The zero-order valence-electron chi connectivity index (χ0n) is 13.3. The molecule has 0 bridgehead atoms. The third-order valence-electron chi connectivity index (χ3n) is 3.43. The van der Waals surface area contributed by atoms with E-state index in [0.29, 0.717) is 6.54 Å². The number of ether oxygens (including phenoxy) is 1. The van der Waals surface area contributed by atoms with Crippen molar-refractivity contribution in [3.05, 3.63) is 26.7 Å². The minimum absolute atomic E-state index is 0.00736. The maximum absolute atomic E-state index is 12.2. The standard InChI is InChI=1S/C13H19N5O4/c1-15(2)6-7-22-12(20)10-14-9-8(16(10)3)11(19)18(5)13(21)17(9)4/h6-7H2,1-5H3. The Kier molecular flexibility index (Phi) is 4.18. The van der Waals surface area contributed by atoms with Gasteiger partial charge >= 0.3 is 11.7 Å². The number of fused-ring (bicyclic) bond motifs is 1. The summed E-state index contributed by atoms with van der Waals surface area (Å²) in [6, 6.07) is 0. The van der Waals surface area contributed by atoms with Crippen LogP contribution in [-0.4, -0.2) is 56.8 Å². The van der Waals surface area contributed by atoms with E-state index >= 15 is 0 Å². The van der Waals surface area contributed by atoms with Crippen LogP contribution in [0.1, 0.15) is 10.6 Å². The van der Waals surface area contributed by atoms with E-state index in [2.05, 4.69) is 4.98 Å². The van der Waals surface area contributed by atoms with Crippen LogP contribution in [0.2, 0.25) is 0 Å². The quantitative estimate of drug-likeness (QED) is 0.651. The highest BCUT2D eigenvalue weighted by Gasteiger charge is 2.22. The molecule has 0 unspecified atom stereocenters. The lowest BCUT2D eigenvalue weighted by Crippen LogP contribution is -2.37. The van der Waals surface area contributed by atoms with E-state index in [9.17, 15) is 14.4 Å². The fourth-order valence-electron chi connectivity index (χ4n) is 2.09. The van der Waals surface area contributed by atoms with Gasteiger partial charge in [0.2, 0.25) is 5.82 Å². The molecule has 0 aliphatic carbocycles. The van der Waals surface area contributed by atoms with Crippen molar-refractivity contribution < 1.29 is 9.53 Å². The normalized spacial score (nSPS) is 11.4. The van der Waals surface area contributed by atoms with E-state index < -0.39 is 17.2 Å². The van der Waals surface area contributed by atoms with E-state index in [0.717, 1.165) is 4.57 Å². The smallest absolute Gasteiger partial charge is 0.374 e. The molecule has 0 aliphatic heterocycles. The summed E-state index contributed by atoms with van der Waals surface area (Å²) in [4.78, 5) is 42.1. The summed E-state index contributed by atoms with van der Waals surface area (Å²) in [5.41, 5.74) is -0.650. The van der Waals surface area contributed by atoms with Crippen LogP contribution < -0.4 is 11.2 Å². The van der Waals surface area contributed by atoms with Gasteiger partial charge in [-0.1, -0.05) is 0 Å². The van der Waals surface area contributed by atoms with Gasteiger partial charge in [-0.25, -0.2) is 14.6 Å². The van der Waals surface area contributed by atoms with Crippen molar-refractivity contribution in [2.45, 2.75) is 0 Å². The summed E-state index contributed by atoms with van der Waals surface area (Å²) in [6.45, 7) is 0.794. The van der Waals surface area contributed by atoms with Crippen LogP contribution in [-0.2, 0) is 25.9 Å². The van der Waals surface area contributed by atoms with Crippen LogP contribution in [0.15, 0.2) is 9.59 Å². The number of carbonyl (C=O) groups excluding carboxylic acids is 1. The molecule has 0 N–H and O–H groups in total. The van der Waals surface area contributed by atoms with Crippen molar-refractivity contribution in [1.82, 2.24) is 23.6 Å². The number of esters is 1. The molecule has 9 heteroatoms. The van der Waals surface area contributed by atoms with E-state index in [-0.39, 0.29) is 23.6 Å². The molecule has 120 valence electrons. The Morgan fingerprint density at radius 2 is 1.77 bits per heavy atom. The molecule has 2 rings (SSSR count). The van der Waals surface area contributed by atoms with Crippen LogP contribution in [0, 0.1) is 0 Å². The summed E-state index contributed by atoms with van der Waals surface area (Å²) in [5.74, 6) is -0.637. The minimum atomic E-state index is -0.630. The average Bonchev–Trinajstić information content (AvgIpc) is 2.80. The highest BCUT2D eigenvalue weighted by atomic mass is 16.5. The summed E-state index contributed by atoms with van der Waals surface area (Å²) >= 11 is 0. The number of carbonyl (C=O) groups is 1. The lowest BCUT2D eigenvalue weighted by atomic mass is 10.5. The topological polar surface area (TPSA) is 91.4 Å². The molecule has 0 atom stereocenters. The molecule has 2 aromatic rings. The van der Waals surface area contributed by atoms with Crippen LogP contribution in [0.4, 0.5) is 0 Å². The van der Waals surface area contributed by atoms with Crippen molar-refractivity contribution in [2.24, 2.45) is 21.1 Å². The molecule has 0 fully saturated rings. The van der Waals surface area contributed by atoms with Crippen molar-refractivity contribution in [1.29, 1.82) is 0 Å². The van der Waals surface area contributed by atoms with Gasteiger partial charge < -0.3 is 14.2 Å². The Hall–Kier alpha value is -2.42. The highest BCUT2D eigenvalue weighted by Crippen LogP contribution is 2.09. The number of aromatic nitrogens is 4. The van der Waals surface area contributed by atoms with Gasteiger partial charge in [0.1, 0.15) is 6.61 Å². The molecule has 2 heterocycles. The largest absolute Gasteiger partial charge is 0.458 e. The Morgan fingerprint density at radius 1 is 1.14 bits per heavy atom. The number of hydrogen-bond acceptors (Lipinski definition) is 6. The number of likely N-dealkylation sites (N-methyl/N-ethyl adjacent to an activating group) is 1. The van der Waals surface area contributed by atoms with Crippen molar-refractivity contribution in [3.63, 3.8) is 0 Å². The lowest BCUT2D eigenvalue weighted by molar-refractivity contribution is 0.0464. The summed E-state index contributed by atoms with van der Waals surface area (Å²) in [5, 5.41) is 0. The summed E-state index contributed by atoms with van der Waals surface area (Å²) in [7, 11) is 8.15. The first-order valence-electron chi connectivity index (χ1n) is 6.70. The lowest BCUT2D eigenvalue weighted by Gasteiger charge is -2.09. The van der Waals surface area contributed by atoms with Crippen LogP contribution >= 0.6 is 0 Å². The highest BCUT2D eigenvalue weighted by molar-refractivity contribution is 5.90. The molecule has 0 amide bonds. The van der Waals surface area contributed by atoms with Gasteiger partial charge in [0.15, 0.2) is 11.2 Å². The molecule has 9 nitrogen and oxygen atoms in total. The number of hydrogen-bond donors (Lipinski definition) is 0. The number of imidazole rings is 1. The van der Waals surface area contributed by atoms with Crippen LogP contribution in [0.25, 0.3) is 11.2 Å². The van der Waals surface area contributed by atoms with Crippen LogP contribution in [0.5, 0.6) is 0 Å². The molecule has 0 radical (unpaired) electrons. The maximum atomic E-state index is 12.2. The fraction of sp³-hybridized carbons (Fsp3) is 0.538. The van der Waals surface area contributed by atoms with Gasteiger partial charge in [-0.2, -0.15) is 0 Å². The SMILES string of the molecule is CN(C)CCOC(=O)c1nc2c(c(=O)n(C)c(=O)n2C)n1C. The van der Waals surface area contributed by atoms with E-state index in [4.69, 9.17) is 4.74 Å².